The summed E-state index contributed by atoms with van der Waals surface area (Å²) in [5.74, 6) is -5.08. The lowest BCUT2D eigenvalue weighted by Gasteiger charge is -2.28. The minimum absolute atomic E-state index is 0.104. The zero-order chi connectivity index (χ0) is 46.1. The Hall–Kier alpha value is -4.68. The number of aromatic nitrogens is 1. The van der Waals surface area contributed by atoms with E-state index in [1.54, 1.807) is 20.0 Å². The highest BCUT2D eigenvalue weighted by atomic mass is 16.3. The topological polar surface area (TPSA) is 195 Å². The Labute approximate surface area is 375 Å². The molecule has 3 aromatic rings. The molecular weight excluding hydrogens is 797 g/mol. The summed E-state index contributed by atoms with van der Waals surface area (Å²) in [5.41, 5.74) is 2.41. The number of ketones is 3. The highest BCUT2D eigenvalue weighted by molar-refractivity contribution is 5.97. The number of rotatable bonds is 33. The van der Waals surface area contributed by atoms with E-state index in [4.69, 9.17) is 0 Å². The maximum Gasteiger partial charge on any atom is 0.245 e. The standard InChI is InChI=1S/C51H76N4O8/c1-6-7-8-9-10-11-12-13-14-15-16-17-21-28-47(61)54-49(37(5)58)51(63)55-48(35(2)3)46(60)31-39(29-38-24-19-18-20-25-38)50(62)53-44(45(59)32-41(34-56)36(4)57)30-40-33-52-43-27-23-22-26-42(40)43/h18-20,22-27,33,35,37,39,41,44,48-49,52,56,58H,6-17,21,28-32,34H2,1-5H3,(H,53,62)(H,54,61)(H,55,63)/t37-,39-,41+,44+,48+,49?/m1/s1. The Morgan fingerprint density at radius 2 is 1.21 bits per heavy atom. The number of aliphatic hydroxyl groups excluding tert-OH is 2. The van der Waals surface area contributed by atoms with Crippen molar-refractivity contribution in [1.29, 1.82) is 0 Å². The number of nitrogens with one attached hydrogen (secondary N) is 4. The lowest BCUT2D eigenvalue weighted by atomic mass is 9.87. The molecule has 0 radical (unpaired) electrons. The molecule has 1 aromatic heterocycles. The van der Waals surface area contributed by atoms with Crippen molar-refractivity contribution in [2.75, 3.05) is 6.61 Å². The molecule has 6 N–H and O–H groups in total. The van der Waals surface area contributed by atoms with Crippen LogP contribution in [0.25, 0.3) is 10.9 Å². The van der Waals surface area contributed by atoms with E-state index in [1.165, 1.54) is 71.6 Å². The van der Waals surface area contributed by atoms with Gasteiger partial charge < -0.3 is 31.1 Å². The number of fused-ring (bicyclic) bond motifs is 1. The molecule has 0 aliphatic carbocycles. The maximum absolute atomic E-state index is 14.3. The van der Waals surface area contributed by atoms with Crippen LogP contribution in [0.15, 0.2) is 60.8 Å². The monoisotopic (exact) mass is 873 g/mol. The third-order valence-electron chi connectivity index (χ3n) is 12.1. The number of amides is 3. The van der Waals surface area contributed by atoms with Crippen LogP contribution < -0.4 is 16.0 Å². The number of Topliss-reactive ketones (excluding diaryl/α,β-unsaturated/α-hetero) is 3. The zero-order valence-electron chi connectivity index (χ0n) is 38.6. The van der Waals surface area contributed by atoms with Gasteiger partial charge in [0, 0.05) is 54.6 Å². The van der Waals surface area contributed by atoms with Crippen LogP contribution in [0, 0.1) is 17.8 Å². The van der Waals surface area contributed by atoms with Gasteiger partial charge in [0.25, 0.3) is 0 Å². The van der Waals surface area contributed by atoms with Crippen molar-refractivity contribution >= 4 is 46.0 Å². The molecule has 2 aromatic carbocycles. The highest BCUT2D eigenvalue weighted by Gasteiger charge is 2.35. The Morgan fingerprint density at radius 1 is 0.635 bits per heavy atom. The van der Waals surface area contributed by atoms with Crippen molar-refractivity contribution in [2.24, 2.45) is 17.8 Å². The lowest BCUT2D eigenvalue weighted by molar-refractivity contribution is -0.136. The largest absolute Gasteiger partial charge is 0.396 e. The van der Waals surface area contributed by atoms with Gasteiger partial charge in [-0.15, -0.1) is 0 Å². The molecule has 6 atom stereocenters. The van der Waals surface area contributed by atoms with Crippen molar-refractivity contribution in [3.8, 4) is 0 Å². The van der Waals surface area contributed by atoms with Crippen molar-refractivity contribution in [3.63, 3.8) is 0 Å². The van der Waals surface area contributed by atoms with Crippen LogP contribution >= 0.6 is 0 Å². The molecule has 0 saturated carbocycles. The van der Waals surface area contributed by atoms with E-state index >= 15 is 0 Å². The first kappa shape index (κ1) is 52.7. The van der Waals surface area contributed by atoms with E-state index in [9.17, 15) is 39.0 Å². The summed E-state index contributed by atoms with van der Waals surface area (Å²) < 4.78 is 0. The number of para-hydroxylation sites is 1. The van der Waals surface area contributed by atoms with Crippen LogP contribution in [0.4, 0.5) is 0 Å². The van der Waals surface area contributed by atoms with E-state index < -0.39 is 72.0 Å². The molecule has 0 aliphatic heterocycles. The number of hydrogen-bond donors (Lipinski definition) is 6. The molecule has 3 amide bonds. The molecule has 0 aliphatic rings. The molecule has 3 rings (SSSR count). The van der Waals surface area contributed by atoms with Crippen LogP contribution in [0.3, 0.4) is 0 Å². The molecular formula is C51H76N4O8. The zero-order valence-corrected chi connectivity index (χ0v) is 38.6. The summed E-state index contributed by atoms with van der Waals surface area (Å²) in [6.07, 6.45) is 15.8. The van der Waals surface area contributed by atoms with Crippen LogP contribution in [0.2, 0.25) is 0 Å². The highest BCUT2D eigenvalue weighted by Crippen LogP contribution is 2.23. The quantitative estimate of drug-likeness (QED) is 0.0336. The Morgan fingerprint density at radius 3 is 1.78 bits per heavy atom. The maximum atomic E-state index is 14.3. The van der Waals surface area contributed by atoms with Crippen molar-refractivity contribution in [3.05, 3.63) is 71.9 Å². The molecule has 0 fully saturated rings. The van der Waals surface area contributed by atoms with Crippen molar-refractivity contribution < 1.29 is 39.0 Å². The Bertz CT molecular complexity index is 1860. The fourth-order valence-electron chi connectivity index (χ4n) is 8.12. The molecule has 1 unspecified atom stereocenters. The predicted molar refractivity (Wildman–Crippen MR) is 249 cm³/mol. The van der Waals surface area contributed by atoms with Crippen LogP contribution in [-0.4, -0.2) is 81.1 Å². The van der Waals surface area contributed by atoms with Gasteiger partial charge in [0.15, 0.2) is 11.6 Å². The second kappa shape index (κ2) is 28.9. The minimum atomic E-state index is -1.29. The molecule has 12 nitrogen and oxygen atoms in total. The van der Waals surface area contributed by atoms with Gasteiger partial charge in [-0.1, -0.05) is 146 Å². The van der Waals surface area contributed by atoms with Crippen LogP contribution in [0.1, 0.15) is 148 Å². The number of aliphatic hydroxyl groups is 2. The summed E-state index contributed by atoms with van der Waals surface area (Å²) in [6, 6.07) is 13.3. The third-order valence-corrected chi connectivity index (χ3v) is 12.1. The number of unbranched alkanes of at least 4 members (excludes halogenated alkanes) is 12. The van der Waals surface area contributed by atoms with E-state index in [-0.39, 0.29) is 43.8 Å². The average molecular weight is 873 g/mol. The van der Waals surface area contributed by atoms with Gasteiger partial charge in [0.1, 0.15) is 11.8 Å². The van der Waals surface area contributed by atoms with E-state index in [0.717, 1.165) is 41.3 Å². The fraction of sp³-hybridized carbons (Fsp3) is 0.608. The van der Waals surface area contributed by atoms with Gasteiger partial charge in [-0.2, -0.15) is 0 Å². The second-order valence-electron chi connectivity index (χ2n) is 17.9. The van der Waals surface area contributed by atoms with E-state index in [2.05, 4.69) is 27.9 Å². The van der Waals surface area contributed by atoms with Gasteiger partial charge in [-0.3, -0.25) is 28.8 Å². The molecule has 348 valence electrons. The molecule has 12 heteroatoms. The predicted octanol–water partition coefficient (Wildman–Crippen LogP) is 7.66. The molecule has 0 saturated heterocycles. The van der Waals surface area contributed by atoms with Crippen LogP contribution in [-0.2, 0) is 41.6 Å². The first-order valence-electron chi connectivity index (χ1n) is 23.6. The summed E-state index contributed by atoms with van der Waals surface area (Å²) in [4.78, 5) is 84.4. The number of carbonyl (C=O) groups excluding carboxylic acids is 6. The SMILES string of the molecule is CCCCCCCCCCCCCCCC(=O)NC(C(=O)N[C@H](C(=O)C[C@@H](Cc1ccccc1)C(=O)N[C@@H](Cc1c[nH]c2ccccc12)C(=O)C[C@@H](CO)C(C)=O)C(C)C)[C@@H](C)O. The number of H-pyrrole nitrogens is 1. The van der Waals surface area contributed by atoms with Gasteiger partial charge >= 0.3 is 0 Å². The minimum Gasteiger partial charge on any atom is -0.396 e. The molecule has 0 spiro atoms. The summed E-state index contributed by atoms with van der Waals surface area (Å²) in [6.45, 7) is 7.98. The third kappa shape index (κ3) is 18.9. The molecule has 1 heterocycles. The number of benzene rings is 2. The van der Waals surface area contributed by atoms with E-state index in [1.807, 2.05) is 54.6 Å². The van der Waals surface area contributed by atoms with Crippen LogP contribution in [0.5, 0.6) is 0 Å². The summed E-state index contributed by atoms with van der Waals surface area (Å²) in [7, 11) is 0. The van der Waals surface area contributed by atoms with Gasteiger partial charge in [-0.05, 0) is 49.8 Å². The van der Waals surface area contributed by atoms with Gasteiger partial charge in [-0.25, -0.2) is 0 Å². The van der Waals surface area contributed by atoms with Crippen molar-refractivity contribution in [2.45, 2.75) is 174 Å². The first-order valence-corrected chi connectivity index (χ1v) is 23.6. The molecule has 63 heavy (non-hydrogen) atoms. The first-order chi connectivity index (χ1) is 30.2. The number of carbonyl (C=O) groups is 6. The second-order valence-corrected chi connectivity index (χ2v) is 17.9. The smallest absolute Gasteiger partial charge is 0.245 e. The van der Waals surface area contributed by atoms with Gasteiger partial charge in [0.05, 0.1) is 24.8 Å². The normalized spacial score (nSPS) is 14.3. The van der Waals surface area contributed by atoms with Crippen molar-refractivity contribution in [1.82, 2.24) is 20.9 Å². The van der Waals surface area contributed by atoms with Gasteiger partial charge in [0.2, 0.25) is 17.7 Å². The van der Waals surface area contributed by atoms with E-state index in [0.29, 0.717) is 6.42 Å². The average Bonchev–Trinajstić information content (AvgIpc) is 3.67. The molecule has 0 bridgehead atoms. The summed E-state index contributed by atoms with van der Waals surface area (Å²) >= 11 is 0. The number of hydrogen-bond acceptors (Lipinski definition) is 8. The Kier molecular flexibility index (Phi) is 24.2. The lowest BCUT2D eigenvalue weighted by Crippen LogP contribution is -2.57. The summed E-state index contributed by atoms with van der Waals surface area (Å²) in [5, 5.41) is 29.7. The fourth-order valence-corrected chi connectivity index (χ4v) is 8.12. The Balaban J connectivity index is 1.67. The number of aromatic amines is 1.